The maximum atomic E-state index is 13.1. The predicted octanol–water partition coefficient (Wildman–Crippen LogP) is 4.08. The molecule has 1 amide bonds. The maximum Gasteiger partial charge on any atom is 0.254 e. The number of amides is 1. The van der Waals surface area contributed by atoms with Crippen LogP contribution in [-0.4, -0.2) is 27.8 Å². The second kappa shape index (κ2) is 6.40. The zero-order chi connectivity index (χ0) is 17.3. The van der Waals surface area contributed by atoms with Gasteiger partial charge in [-0.3, -0.25) is 14.8 Å². The van der Waals surface area contributed by atoms with Crippen LogP contribution in [0.25, 0.3) is 10.9 Å². The molecule has 0 aliphatic carbocycles. The third-order valence-electron chi connectivity index (χ3n) is 4.34. The Bertz CT molecular complexity index is 885. The molecule has 1 aromatic carbocycles. The van der Waals surface area contributed by atoms with Crippen molar-refractivity contribution in [1.82, 2.24) is 14.9 Å². The molecule has 0 radical (unpaired) electrons. The number of hydrogen-bond acceptors (Lipinski definition) is 3. The minimum Gasteiger partial charge on any atom is -0.333 e. The molecule has 0 saturated heterocycles. The Labute approximate surface area is 142 Å². The lowest BCUT2D eigenvalue weighted by molar-refractivity contribution is 0.0741. The third kappa shape index (κ3) is 3.00. The van der Waals surface area contributed by atoms with E-state index in [1.807, 2.05) is 70.3 Å². The van der Waals surface area contributed by atoms with E-state index < -0.39 is 0 Å². The zero-order valence-corrected chi connectivity index (χ0v) is 14.4. The number of hydrogen-bond donors (Lipinski definition) is 0. The summed E-state index contributed by atoms with van der Waals surface area (Å²) in [5.74, 6) is -0.0208. The molecular weight excluding hydrogens is 298 g/mol. The molecule has 0 aliphatic rings. The minimum atomic E-state index is -0.104. The van der Waals surface area contributed by atoms with Gasteiger partial charge in [-0.05, 0) is 50.6 Å². The molecule has 0 bridgehead atoms. The third-order valence-corrected chi connectivity index (χ3v) is 4.34. The summed E-state index contributed by atoms with van der Waals surface area (Å²) in [6.07, 6.45) is 1.75. The molecule has 3 aromatic rings. The molecule has 4 heteroatoms. The van der Waals surface area contributed by atoms with E-state index in [2.05, 4.69) is 9.97 Å². The van der Waals surface area contributed by atoms with Gasteiger partial charge in [0, 0.05) is 24.3 Å². The van der Waals surface area contributed by atoms with Crippen LogP contribution in [0.3, 0.4) is 0 Å². The molecule has 0 aliphatic heterocycles. The molecule has 0 saturated carbocycles. The molecular formula is C20H21N3O. The summed E-state index contributed by atoms with van der Waals surface area (Å²) in [5.41, 5.74) is 4.39. The summed E-state index contributed by atoms with van der Waals surface area (Å²) >= 11 is 0. The van der Waals surface area contributed by atoms with E-state index in [0.29, 0.717) is 5.56 Å². The predicted molar refractivity (Wildman–Crippen MR) is 96.0 cm³/mol. The standard InChI is InChI=1S/C20H21N3O/c1-13-8-9-16-17(12-14(2)22-19(16)11-13)20(24)23(4)15(3)18-7-5-6-10-21-18/h5-12,15H,1-4H3/t15-/m1/s1. The lowest BCUT2D eigenvalue weighted by Crippen LogP contribution is -2.30. The van der Waals surface area contributed by atoms with Crippen molar-refractivity contribution in [1.29, 1.82) is 0 Å². The first kappa shape index (κ1) is 16.1. The van der Waals surface area contributed by atoms with Crippen LogP contribution in [0, 0.1) is 13.8 Å². The van der Waals surface area contributed by atoms with Crippen LogP contribution in [0.15, 0.2) is 48.7 Å². The van der Waals surface area contributed by atoms with Gasteiger partial charge in [0.25, 0.3) is 5.91 Å². The Morgan fingerprint density at radius 2 is 1.92 bits per heavy atom. The lowest BCUT2D eigenvalue weighted by Gasteiger charge is -2.25. The van der Waals surface area contributed by atoms with Crippen molar-refractivity contribution < 1.29 is 4.79 Å². The van der Waals surface area contributed by atoms with Gasteiger partial charge in [-0.1, -0.05) is 18.2 Å². The highest BCUT2D eigenvalue weighted by Crippen LogP contribution is 2.24. The van der Waals surface area contributed by atoms with Gasteiger partial charge >= 0.3 is 0 Å². The Morgan fingerprint density at radius 3 is 2.62 bits per heavy atom. The second-order valence-corrected chi connectivity index (χ2v) is 6.18. The molecule has 122 valence electrons. The first-order valence-corrected chi connectivity index (χ1v) is 8.03. The maximum absolute atomic E-state index is 13.1. The van der Waals surface area contributed by atoms with E-state index in [1.54, 1.807) is 11.1 Å². The molecule has 2 aromatic heterocycles. The van der Waals surface area contributed by atoms with E-state index in [9.17, 15) is 4.79 Å². The topological polar surface area (TPSA) is 46.1 Å². The fourth-order valence-electron chi connectivity index (χ4n) is 2.84. The number of rotatable bonds is 3. The minimum absolute atomic E-state index is 0.0208. The number of pyridine rings is 2. The fraction of sp³-hybridized carbons (Fsp3) is 0.250. The number of aromatic nitrogens is 2. The van der Waals surface area contributed by atoms with Crippen molar-refractivity contribution in [2.75, 3.05) is 7.05 Å². The van der Waals surface area contributed by atoms with Crippen molar-refractivity contribution in [3.8, 4) is 0 Å². The molecule has 3 rings (SSSR count). The largest absolute Gasteiger partial charge is 0.333 e. The van der Waals surface area contributed by atoms with Gasteiger partial charge in [-0.25, -0.2) is 0 Å². The molecule has 0 fully saturated rings. The summed E-state index contributed by atoms with van der Waals surface area (Å²) in [4.78, 5) is 23.7. The van der Waals surface area contributed by atoms with E-state index in [1.165, 1.54) is 0 Å². The van der Waals surface area contributed by atoms with Crippen molar-refractivity contribution >= 4 is 16.8 Å². The van der Waals surface area contributed by atoms with Crippen LogP contribution in [-0.2, 0) is 0 Å². The van der Waals surface area contributed by atoms with Gasteiger partial charge in [-0.15, -0.1) is 0 Å². The van der Waals surface area contributed by atoms with Gasteiger partial charge in [0.1, 0.15) is 0 Å². The van der Waals surface area contributed by atoms with Crippen LogP contribution >= 0.6 is 0 Å². The van der Waals surface area contributed by atoms with Gasteiger partial charge in [-0.2, -0.15) is 0 Å². The average Bonchev–Trinajstić information content (AvgIpc) is 2.59. The van der Waals surface area contributed by atoms with E-state index in [4.69, 9.17) is 0 Å². The molecule has 0 N–H and O–H groups in total. The summed E-state index contributed by atoms with van der Waals surface area (Å²) in [5, 5.41) is 0.885. The quantitative estimate of drug-likeness (QED) is 0.731. The summed E-state index contributed by atoms with van der Waals surface area (Å²) in [7, 11) is 1.82. The van der Waals surface area contributed by atoms with Crippen LogP contribution in [0.2, 0.25) is 0 Å². The number of benzene rings is 1. The highest BCUT2D eigenvalue weighted by atomic mass is 16.2. The fourth-order valence-corrected chi connectivity index (χ4v) is 2.84. The number of carbonyl (C=O) groups is 1. The molecule has 1 atom stereocenters. The molecule has 0 unspecified atom stereocenters. The van der Waals surface area contributed by atoms with Gasteiger partial charge in [0.2, 0.25) is 0 Å². The first-order chi connectivity index (χ1) is 11.5. The Balaban J connectivity index is 2.02. The van der Waals surface area contributed by atoms with Crippen molar-refractivity contribution in [3.05, 3.63) is 71.2 Å². The van der Waals surface area contributed by atoms with Gasteiger partial charge < -0.3 is 4.90 Å². The van der Waals surface area contributed by atoms with E-state index in [-0.39, 0.29) is 11.9 Å². The molecule has 4 nitrogen and oxygen atoms in total. The normalized spacial score (nSPS) is 12.2. The summed E-state index contributed by atoms with van der Waals surface area (Å²) < 4.78 is 0. The molecule has 0 spiro atoms. The van der Waals surface area contributed by atoms with Crippen molar-refractivity contribution in [3.63, 3.8) is 0 Å². The van der Waals surface area contributed by atoms with Crippen molar-refractivity contribution in [2.45, 2.75) is 26.8 Å². The monoisotopic (exact) mass is 319 g/mol. The Hall–Kier alpha value is -2.75. The smallest absolute Gasteiger partial charge is 0.254 e. The molecule has 2 heterocycles. The number of carbonyl (C=O) groups excluding carboxylic acids is 1. The lowest BCUT2D eigenvalue weighted by atomic mass is 10.0. The number of fused-ring (bicyclic) bond motifs is 1. The highest BCUT2D eigenvalue weighted by molar-refractivity contribution is 6.06. The van der Waals surface area contributed by atoms with E-state index >= 15 is 0 Å². The van der Waals surface area contributed by atoms with Gasteiger partial charge in [0.15, 0.2) is 0 Å². The highest BCUT2D eigenvalue weighted by Gasteiger charge is 2.22. The van der Waals surface area contributed by atoms with Gasteiger partial charge in [0.05, 0.1) is 22.8 Å². The van der Waals surface area contributed by atoms with Crippen LogP contribution in [0.5, 0.6) is 0 Å². The van der Waals surface area contributed by atoms with Crippen LogP contribution < -0.4 is 0 Å². The first-order valence-electron chi connectivity index (χ1n) is 8.03. The average molecular weight is 319 g/mol. The Kier molecular flexibility index (Phi) is 4.30. The number of aryl methyl sites for hydroxylation is 2. The molecule has 24 heavy (non-hydrogen) atoms. The summed E-state index contributed by atoms with van der Waals surface area (Å²) in [6.45, 7) is 5.93. The van der Waals surface area contributed by atoms with E-state index in [0.717, 1.165) is 27.9 Å². The summed E-state index contributed by atoms with van der Waals surface area (Å²) in [6, 6.07) is 13.5. The van der Waals surface area contributed by atoms with Crippen LogP contribution in [0.4, 0.5) is 0 Å². The SMILES string of the molecule is Cc1ccc2c(C(=O)N(C)[C@H](C)c3ccccn3)cc(C)nc2c1. The Morgan fingerprint density at radius 1 is 1.12 bits per heavy atom. The van der Waals surface area contributed by atoms with Crippen LogP contribution in [0.1, 0.15) is 40.3 Å². The van der Waals surface area contributed by atoms with Crippen molar-refractivity contribution in [2.24, 2.45) is 0 Å². The second-order valence-electron chi connectivity index (χ2n) is 6.18. The zero-order valence-electron chi connectivity index (χ0n) is 14.4. The number of nitrogens with zero attached hydrogens (tertiary/aromatic N) is 3.